The van der Waals surface area contributed by atoms with Crippen LogP contribution in [0, 0.1) is 22.2 Å². The Labute approximate surface area is 217 Å². The number of fused-ring (bicyclic) bond motifs is 4. The highest BCUT2D eigenvalue weighted by molar-refractivity contribution is 6.13. The lowest BCUT2D eigenvalue weighted by atomic mass is 9.53. The van der Waals surface area contributed by atoms with Gasteiger partial charge in [0.2, 0.25) is 5.78 Å². The molecule has 3 aliphatic carbocycles. The van der Waals surface area contributed by atoms with Gasteiger partial charge in [0.25, 0.3) is 0 Å². The predicted molar refractivity (Wildman–Crippen MR) is 134 cm³/mol. The molecule has 6 unspecified atom stereocenters. The zero-order valence-electron chi connectivity index (χ0n) is 22.8. The fourth-order valence-electron chi connectivity index (χ4n) is 6.75. The standard InChI is InChI=1S/C28H39NO8/c1-14(30)36-17-10-27(5)16(8-9-18(27)31)20-22(17)28(6)19(12-35-7)37-25(34)15(11-29-13-26(2,3)4)21(28)24(33)23(20)32/h11,16-19,29,31,33H,8-10,12-13H2,1-7H3/b15-11-. The lowest BCUT2D eigenvalue weighted by molar-refractivity contribution is -0.160. The first kappa shape index (κ1) is 27.4. The molecule has 0 amide bonds. The van der Waals surface area contributed by atoms with Crippen LogP contribution in [-0.2, 0) is 28.6 Å². The Morgan fingerprint density at radius 1 is 1.24 bits per heavy atom. The van der Waals surface area contributed by atoms with Gasteiger partial charge in [-0.05, 0) is 43.1 Å². The molecule has 0 spiro atoms. The van der Waals surface area contributed by atoms with Crippen molar-refractivity contribution in [2.75, 3.05) is 20.3 Å². The molecule has 0 aromatic rings. The number of cyclic esters (lactones) is 1. The summed E-state index contributed by atoms with van der Waals surface area (Å²) < 4.78 is 17.1. The van der Waals surface area contributed by atoms with Gasteiger partial charge < -0.3 is 29.7 Å². The number of nitrogens with one attached hydrogen (secondary N) is 1. The second-order valence-electron chi connectivity index (χ2n) is 12.4. The van der Waals surface area contributed by atoms with E-state index < -0.39 is 52.6 Å². The molecule has 0 bridgehead atoms. The van der Waals surface area contributed by atoms with Crippen LogP contribution in [0.5, 0.6) is 0 Å². The fraction of sp³-hybridized carbons (Fsp3) is 0.679. The molecule has 6 atom stereocenters. The zero-order chi connectivity index (χ0) is 27.5. The minimum absolute atomic E-state index is 0.00401. The number of esters is 2. The van der Waals surface area contributed by atoms with Crippen molar-refractivity contribution in [3.8, 4) is 0 Å². The number of carbonyl (C=O) groups is 3. The quantitative estimate of drug-likeness (QED) is 0.372. The molecule has 3 N–H and O–H groups in total. The Balaban J connectivity index is 1.96. The third-order valence-corrected chi connectivity index (χ3v) is 8.53. The minimum Gasteiger partial charge on any atom is -0.504 e. The number of hydrogen-bond donors (Lipinski definition) is 3. The van der Waals surface area contributed by atoms with Gasteiger partial charge in [-0.3, -0.25) is 9.59 Å². The van der Waals surface area contributed by atoms with Crippen molar-refractivity contribution >= 4 is 17.7 Å². The van der Waals surface area contributed by atoms with Crippen LogP contribution in [-0.4, -0.2) is 66.5 Å². The van der Waals surface area contributed by atoms with Crippen LogP contribution in [0.1, 0.15) is 60.8 Å². The van der Waals surface area contributed by atoms with E-state index in [-0.39, 0.29) is 29.1 Å². The Bertz CT molecular complexity index is 1110. The van der Waals surface area contributed by atoms with Crippen molar-refractivity contribution in [3.63, 3.8) is 0 Å². The van der Waals surface area contributed by atoms with Gasteiger partial charge in [0.15, 0.2) is 5.76 Å². The van der Waals surface area contributed by atoms with Gasteiger partial charge >= 0.3 is 11.9 Å². The largest absolute Gasteiger partial charge is 0.504 e. The molecule has 37 heavy (non-hydrogen) atoms. The molecular weight excluding hydrogens is 478 g/mol. The van der Waals surface area contributed by atoms with Gasteiger partial charge in [0.1, 0.15) is 12.2 Å². The third kappa shape index (κ3) is 4.30. The Kier molecular flexibility index (Phi) is 6.86. The fourth-order valence-corrected chi connectivity index (χ4v) is 6.75. The topological polar surface area (TPSA) is 131 Å². The monoisotopic (exact) mass is 517 g/mol. The molecule has 2 fully saturated rings. The Morgan fingerprint density at radius 3 is 2.51 bits per heavy atom. The SMILES string of the molecule is COCC1OC(=O)/C(=C\NCC(C)(C)C)C2=C(O)C(=O)C3=C(C(OC(C)=O)CC4(C)C(O)CCC34)C21C. The molecule has 0 aromatic carbocycles. The van der Waals surface area contributed by atoms with E-state index >= 15 is 0 Å². The molecule has 9 nitrogen and oxygen atoms in total. The summed E-state index contributed by atoms with van der Waals surface area (Å²) in [5.74, 6) is -2.67. The van der Waals surface area contributed by atoms with Crippen LogP contribution in [0.25, 0.3) is 0 Å². The van der Waals surface area contributed by atoms with Gasteiger partial charge in [-0.1, -0.05) is 27.7 Å². The van der Waals surface area contributed by atoms with Crippen LogP contribution < -0.4 is 5.32 Å². The summed E-state index contributed by atoms with van der Waals surface area (Å²) in [6.45, 7) is 11.6. The number of aliphatic hydroxyl groups is 2. The number of aliphatic hydroxyl groups excluding tert-OH is 2. The smallest absolute Gasteiger partial charge is 0.340 e. The van der Waals surface area contributed by atoms with Gasteiger partial charge in [-0.2, -0.15) is 0 Å². The van der Waals surface area contributed by atoms with E-state index in [0.717, 1.165) is 0 Å². The number of ether oxygens (including phenoxy) is 3. The predicted octanol–water partition coefficient (Wildman–Crippen LogP) is 2.89. The molecule has 1 saturated carbocycles. The number of rotatable bonds is 5. The first-order chi connectivity index (χ1) is 17.2. The first-order valence-electron chi connectivity index (χ1n) is 12.9. The number of carbonyl (C=O) groups excluding carboxylic acids is 3. The van der Waals surface area contributed by atoms with Crippen molar-refractivity contribution in [2.24, 2.45) is 22.2 Å². The van der Waals surface area contributed by atoms with Crippen molar-refractivity contribution in [2.45, 2.75) is 79.1 Å². The molecule has 1 aliphatic heterocycles. The number of Topliss-reactive ketones (excluding diaryl/α,β-unsaturated/α-hetero) is 1. The summed E-state index contributed by atoms with van der Waals surface area (Å²) in [4.78, 5) is 39.4. The van der Waals surface area contributed by atoms with Crippen LogP contribution >= 0.6 is 0 Å². The van der Waals surface area contributed by atoms with Gasteiger partial charge in [0, 0.05) is 43.3 Å². The van der Waals surface area contributed by atoms with Gasteiger partial charge in [-0.25, -0.2) is 4.79 Å². The van der Waals surface area contributed by atoms with E-state index in [9.17, 15) is 24.6 Å². The van der Waals surface area contributed by atoms with E-state index in [4.69, 9.17) is 14.2 Å². The number of ketones is 1. The maximum absolute atomic E-state index is 13.9. The van der Waals surface area contributed by atoms with E-state index in [1.54, 1.807) is 6.92 Å². The van der Waals surface area contributed by atoms with E-state index in [1.807, 2.05) is 27.7 Å². The first-order valence-corrected chi connectivity index (χ1v) is 12.9. The highest BCUT2D eigenvalue weighted by Crippen LogP contribution is 2.63. The number of hydrogen-bond acceptors (Lipinski definition) is 9. The highest BCUT2D eigenvalue weighted by Gasteiger charge is 2.64. The Hall–Kier alpha value is -2.65. The summed E-state index contributed by atoms with van der Waals surface area (Å²) in [6.07, 6.45) is 0.430. The average Bonchev–Trinajstić information content (AvgIpc) is 3.07. The van der Waals surface area contributed by atoms with E-state index in [1.165, 1.54) is 20.2 Å². The number of allylic oxidation sites excluding steroid dienone is 1. The molecule has 0 aromatic heterocycles. The minimum atomic E-state index is -1.21. The van der Waals surface area contributed by atoms with Crippen LogP contribution in [0.2, 0.25) is 0 Å². The van der Waals surface area contributed by atoms with Crippen LogP contribution in [0.3, 0.4) is 0 Å². The summed E-state index contributed by atoms with van der Waals surface area (Å²) in [5, 5.41) is 25.5. The second-order valence-corrected chi connectivity index (χ2v) is 12.4. The van der Waals surface area contributed by atoms with E-state index in [2.05, 4.69) is 5.32 Å². The van der Waals surface area contributed by atoms with Crippen molar-refractivity contribution in [1.29, 1.82) is 0 Å². The second kappa shape index (κ2) is 9.27. The Morgan fingerprint density at radius 2 is 1.92 bits per heavy atom. The molecular formula is C28H39NO8. The number of methoxy groups -OCH3 is 1. The summed E-state index contributed by atoms with van der Waals surface area (Å²) in [7, 11) is 1.48. The van der Waals surface area contributed by atoms with Crippen LogP contribution in [0.4, 0.5) is 0 Å². The normalized spacial score (nSPS) is 36.7. The van der Waals surface area contributed by atoms with Crippen LogP contribution in [0.15, 0.2) is 34.3 Å². The zero-order valence-corrected chi connectivity index (χ0v) is 22.8. The van der Waals surface area contributed by atoms with Gasteiger partial charge in [-0.15, -0.1) is 0 Å². The lowest BCUT2D eigenvalue weighted by Crippen LogP contribution is -2.57. The summed E-state index contributed by atoms with van der Waals surface area (Å²) in [6, 6.07) is 0. The summed E-state index contributed by atoms with van der Waals surface area (Å²) in [5.41, 5.74) is -0.939. The third-order valence-electron chi connectivity index (χ3n) is 8.53. The lowest BCUT2D eigenvalue weighted by Gasteiger charge is -2.54. The van der Waals surface area contributed by atoms with Crippen molar-refractivity contribution < 1.29 is 38.8 Å². The molecule has 4 rings (SSSR count). The molecule has 204 valence electrons. The summed E-state index contributed by atoms with van der Waals surface area (Å²) >= 11 is 0. The maximum atomic E-state index is 13.9. The molecule has 4 aliphatic rings. The van der Waals surface area contributed by atoms with Crippen molar-refractivity contribution in [1.82, 2.24) is 5.32 Å². The average molecular weight is 518 g/mol. The molecule has 1 saturated heterocycles. The van der Waals surface area contributed by atoms with Crippen molar-refractivity contribution in [3.05, 3.63) is 34.3 Å². The van der Waals surface area contributed by atoms with E-state index in [0.29, 0.717) is 37.0 Å². The molecule has 1 heterocycles. The molecule has 9 heteroatoms. The highest BCUT2D eigenvalue weighted by atomic mass is 16.6. The molecule has 0 radical (unpaired) electrons. The van der Waals surface area contributed by atoms with Gasteiger partial charge in [0.05, 0.1) is 23.7 Å². The maximum Gasteiger partial charge on any atom is 0.340 e.